The fourth-order valence-electron chi connectivity index (χ4n) is 2.30. The molecule has 1 heterocycles. The molecule has 7 heteroatoms. The van der Waals surface area contributed by atoms with Crippen molar-refractivity contribution in [3.8, 4) is 0 Å². The fourth-order valence-corrected chi connectivity index (χ4v) is 2.30. The highest BCUT2D eigenvalue weighted by atomic mass is 16.6. The van der Waals surface area contributed by atoms with Crippen LogP contribution >= 0.6 is 0 Å². The molecule has 2 aliphatic rings. The number of nitrogens with zero attached hydrogens (tertiary/aromatic N) is 1. The Hall–Kier alpha value is -1.96. The standard InChI is InChI=1S/C10H8N2O5/c13-7-5-3-1-2-4-6(5)9(15)10(7,16)12(17)8(14)11-9/h1-4,15-17H,(H,11,14). The number of amides is 2. The molecule has 0 radical (unpaired) electrons. The number of carbonyl (C=O) groups is 2. The zero-order valence-corrected chi connectivity index (χ0v) is 8.41. The SMILES string of the molecule is O=C1NC2(O)c3ccccc3C(=O)C2(O)N1O. The highest BCUT2D eigenvalue weighted by molar-refractivity contribution is 6.11. The van der Waals surface area contributed by atoms with Crippen molar-refractivity contribution in [2.24, 2.45) is 0 Å². The molecule has 17 heavy (non-hydrogen) atoms. The number of hydrogen-bond donors (Lipinski definition) is 4. The Kier molecular flexibility index (Phi) is 1.59. The van der Waals surface area contributed by atoms with Gasteiger partial charge in [0.1, 0.15) is 0 Å². The number of hydroxylamine groups is 2. The molecule has 1 aliphatic carbocycles. The van der Waals surface area contributed by atoms with Gasteiger partial charge < -0.3 is 10.2 Å². The number of carbonyl (C=O) groups excluding carboxylic acids is 2. The van der Waals surface area contributed by atoms with Crippen molar-refractivity contribution >= 4 is 11.8 Å². The van der Waals surface area contributed by atoms with Crippen LogP contribution < -0.4 is 5.32 Å². The molecule has 7 nitrogen and oxygen atoms in total. The number of aliphatic hydroxyl groups is 2. The molecule has 1 saturated heterocycles. The molecule has 2 unspecified atom stereocenters. The van der Waals surface area contributed by atoms with E-state index in [9.17, 15) is 25.0 Å². The van der Waals surface area contributed by atoms with Crippen molar-refractivity contribution < 1.29 is 25.0 Å². The van der Waals surface area contributed by atoms with Crippen LogP contribution in [0.5, 0.6) is 0 Å². The van der Waals surface area contributed by atoms with Gasteiger partial charge >= 0.3 is 6.03 Å². The molecule has 2 amide bonds. The van der Waals surface area contributed by atoms with Crippen molar-refractivity contribution in [3.05, 3.63) is 35.4 Å². The van der Waals surface area contributed by atoms with Crippen LogP contribution in [0.4, 0.5) is 4.79 Å². The van der Waals surface area contributed by atoms with Gasteiger partial charge in [0, 0.05) is 11.1 Å². The van der Waals surface area contributed by atoms with Crippen LogP contribution in [0.3, 0.4) is 0 Å². The first kappa shape index (κ1) is 10.2. The van der Waals surface area contributed by atoms with Crippen molar-refractivity contribution in [2.75, 3.05) is 0 Å². The van der Waals surface area contributed by atoms with Crippen LogP contribution in [0.25, 0.3) is 0 Å². The first-order valence-corrected chi connectivity index (χ1v) is 4.83. The summed E-state index contributed by atoms with van der Waals surface area (Å²) >= 11 is 0. The molecular formula is C10H8N2O5. The van der Waals surface area contributed by atoms with Crippen molar-refractivity contribution in [3.63, 3.8) is 0 Å². The Morgan fingerprint density at radius 3 is 2.53 bits per heavy atom. The van der Waals surface area contributed by atoms with E-state index in [0.29, 0.717) is 0 Å². The minimum atomic E-state index is -2.71. The smallest absolute Gasteiger partial charge is 0.347 e. The quantitative estimate of drug-likeness (QED) is 0.438. The first-order chi connectivity index (χ1) is 7.93. The first-order valence-electron chi connectivity index (χ1n) is 4.83. The lowest BCUT2D eigenvalue weighted by Crippen LogP contribution is -2.58. The number of urea groups is 1. The summed E-state index contributed by atoms with van der Waals surface area (Å²) in [6.45, 7) is 0. The third-order valence-electron chi connectivity index (χ3n) is 3.17. The molecule has 0 aromatic heterocycles. The zero-order valence-electron chi connectivity index (χ0n) is 8.41. The number of Topliss-reactive ketones (excluding diaryl/α,β-unsaturated/α-hetero) is 1. The second kappa shape index (κ2) is 2.65. The highest BCUT2D eigenvalue weighted by Crippen LogP contribution is 2.47. The van der Waals surface area contributed by atoms with Gasteiger partial charge in [0.2, 0.25) is 11.5 Å². The van der Waals surface area contributed by atoms with Gasteiger partial charge in [-0.05, 0) is 0 Å². The highest BCUT2D eigenvalue weighted by Gasteiger charge is 2.72. The van der Waals surface area contributed by atoms with E-state index >= 15 is 0 Å². The largest absolute Gasteiger partial charge is 0.363 e. The number of rotatable bonds is 0. The van der Waals surface area contributed by atoms with Crippen LogP contribution in [0.15, 0.2) is 24.3 Å². The summed E-state index contributed by atoms with van der Waals surface area (Å²) in [4.78, 5) is 23.2. The maximum absolute atomic E-state index is 12.0. The number of hydrogen-bond acceptors (Lipinski definition) is 5. The van der Waals surface area contributed by atoms with Gasteiger partial charge in [0.15, 0.2) is 0 Å². The Morgan fingerprint density at radius 1 is 1.18 bits per heavy atom. The summed E-state index contributed by atoms with van der Waals surface area (Å²) in [5, 5.41) is 31.6. The Morgan fingerprint density at radius 2 is 1.82 bits per heavy atom. The van der Waals surface area contributed by atoms with Crippen molar-refractivity contribution in [1.29, 1.82) is 0 Å². The number of fused-ring (bicyclic) bond motifs is 3. The lowest BCUT2D eigenvalue weighted by molar-refractivity contribution is -0.244. The molecule has 4 N–H and O–H groups in total. The van der Waals surface area contributed by atoms with Gasteiger partial charge in [-0.2, -0.15) is 5.06 Å². The van der Waals surface area contributed by atoms with E-state index in [2.05, 4.69) is 0 Å². The second-order valence-corrected chi connectivity index (χ2v) is 4.00. The molecule has 0 bridgehead atoms. The molecule has 0 spiro atoms. The van der Waals surface area contributed by atoms with Crippen LogP contribution in [-0.4, -0.2) is 38.0 Å². The van der Waals surface area contributed by atoms with E-state index in [4.69, 9.17) is 0 Å². The van der Waals surface area contributed by atoms with Crippen molar-refractivity contribution in [1.82, 2.24) is 10.4 Å². The van der Waals surface area contributed by atoms with Gasteiger partial charge in [-0.1, -0.05) is 24.3 Å². The maximum atomic E-state index is 12.0. The molecule has 3 rings (SSSR count). The third kappa shape index (κ3) is 0.846. The van der Waals surface area contributed by atoms with E-state index in [1.54, 1.807) is 12.1 Å². The normalized spacial score (nSPS) is 34.6. The monoisotopic (exact) mass is 236 g/mol. The molecule has 1 aromatic carbocycles. The van der Waals surface area contributed by atoms with Crippen molar-refractivity contribution in [2.45, 2.75) is 11.4 Å². The van der Waals surface area contributed by atoms with E-state index < -0.39 is 23.3 Å². The lowest BCUT2D eigenvalue weighted by atomic mass is 10.0. The molecule has 2 atom stereocenters. The summed E-state index contributed by atoms with van der Waals surface area (Å²) in [5.74, 6) is -0.934. The molecule has 0 saturated carbocycles. The molecule has 1 aromatic rings. The fraction of sp³-hybridized carbons (Fsp3) is 0.200. The zero-order chi connectivity index (χ0) is 12.4. The summed E-state index contributed by atoms with van der Waals surface area (Å²) in [7, 11) is 0. The average Bonchev–Trinajstić information content (AvgIpc) is 2.60. The molecular weight excluding hydrogens is 228 g/mol. The maximum Gasteiger partial charge on any atom is 0.347 e. The lowest BCUT2D eigenvalue weighted by Gasteiger charge is -2.30. The van der Waals surface area contributed by atoms with Crippen LogP contribution in [0, 0.1) is 0 Å². The Bertz CT molecular complexity index is 559. The Labute approximate surface area is 94.8 Å². The number of nitrogens with one attached hydrogen (secondary N) is 1. The van der Waals surface area contributed by atoms with Gasteiger partial charge in [-0.15, -0.1) is 0 Å². The third-order valence-corrected chi connectivity index (χ3v) is 3.17. The van der Waals surface area contributed by atoms with E-state index in [1.165, 1.54) is 12.1 Å². The van der Waals surface area contributed by atoms with Crippen LogP contribution in [0.2, 0.25) is 0 Å². The van der Waals surface area contributed by atoms with Gasteiger partial charge in [0.25, 0.3) is 5.72 Å². The predicted octanol–water partition coefficient (Wildman–Crippen LogP) is -0.869. The molecule has 88 valence electrons. The Balaban J connectivity index is 2.33. The summed E-state index contributed by atoms with van der Waals surface area (Å²) < 4.78 is 0. The van der Waals surface area contributed by atoms with E-state index in [-0.39, 0.29) is 16.2 Å². The minimum absolute atomic E-state index is 0.0524. The van der Waals surface area contributed by atoms with Gasteiger partial charge in [-0.3, -0.25) is 15.3 Å². The molecule has 1 aliphatic heterocycles. The van der Waals surface area contributed by atoms with E-state index in [1.807, 2.05) is 5.32 Å². The summed E-state index contributed by atoms with van der Waals surface area (Å²) in [6, 6.07) is 4.74. The van der Waals surface area contributed by atoms with Gasteiger partial charge in [0.05, 0.1) is 0 Å². The summed E-state index contributed by atoms with van der Waals surface area (Å²) in [6.07, 6.45) is 0. The summed E-state index contributed by atoms with van der Waals surface area (Å²) in [5.41, 5.74) is -4.94. The minimum Gasteiger partial charge on any atom is -0.363 e. The molecule has 1 fully saturated rings. The van der Waals surface area contributed by atoms with Gasteiger partial charge in [-0.25, -0.2) is 4.79 Å². The number of benzene rings is 1. The predicted molar refractivity (Wildman–Crippen MR) is 51.8 cm³/mol. The average molecular weight is 236 g/mol. The van der Waals surface area contributed by atoms with Crippen LogP contribution in [-0.2, 0) is 5.72 Å². The second-order valence-electron chi connectivity index (χ2n) is 4.00. The number of ketones is 1. The van der Waals surface area contributed by atoms with Crippen LogP contribution in [0.1, 0.15) is 15.9 Å². The topological polar surface area (TPSA) is 110 Å². The van der Waals surface area contributed by atoms with E-state index in [0.717, 1.165) is 0 Å².